The first-order valence-electron chi connectivity index (χ1n) is 8.51. The first-order valence-corrected chi connectivity index (χ1v) is 10.3. The first kappa shape index (κ1) is 17.8. The van der Waals surface area contributed by atoms with Gasteiger partial charge < -0.3 is 14.6 Å². The second-order valence-corrected chi connectivity index (χ2v) is 7.83. The molecule has 1 amide bonds. The van der Waals surface area contributed by atoms with Crippen LogP contribution < -0.4 is 10.1 Å². The molecule has 2 aromatic heterocycles. The van der Waals surface area contributed by atoms with Crippen LogP contribution in [-0.4, -0.2) is 32.8 Å². The normalized spacial score (nSPS) is 11.2. The zero-order valence-corrected chi connectivity index (χ0v) is 16.6. The van der Waals surface area contributed by atoms with Crippen LogP contribution in [0.15, 0.2) is 47.6 Å². The van der Waals surface area contributed by atoms with E-state index in [0.717, 1.165) is 32.2 Å². The van der Waals surface area contributed by atoms with E-state index >= 15 is 0 Å². The average molecular weight is 399 g/mol. The molecule has 27 heavy (non-hydrogen) atoms. The molecular formula is C19H18N4O2S2. The standard InChI is InChI=1S/C19H18N4O2S2/c1-3-25-12-8-9-14-16(10-12)27-18(20-14)22-17(24)11-26-19-21-13-6-4-5-7-15(13)23(19)2/h4-10H,3,11H2,1-2H3,(H,20,22,24). The fourth-order valence-electron chi connectivity index (χ4n) is 2.75. The van der Waals surface area contributed by atoms with Crippen molar-refractivity contribution in [3.63, 3.8) is 0 Å². The molecule has 1 N–H and O–H groups in total. The SMILES string of the molecule is CCOc1ccc2nc(NC(=O)CSc3nc4ccccc4n3C)sc2c1. The molecule has 4 rings (SSSR count). The summed E-state index contributed by atoms with van der Waals surface area (Å²) in [5.74, 6) is 0.983. The molecule has 0 atom stereocenters. The van der Waals surface area contributed by atoms with Crippen LogP contribution in [-0.2, 0) is 11.8 Å². The van der Waals surface area contributed by atoms with E-state index in [1.165, 1.54) is 23.1 Å². The second kappa shape index (κ2) is 7.58. The topological polar surface area (TPSA) is 69.0 Å². The lowest BCUT2D eigenvalue weighted by molar-refractivity contribution is -0.113. The summed E-state index contributed by atoms with van der Waals surface area (Å²) in [5.41, 5.74) is 2.83. The number of thiazole rings is 1. The number of rotatable bonds is 6. The molecule has 6 nitrogen and oxygen atoms in total. The summed E-state index contributed by atoms with van der Waals surface area (Å²) >= 11 is 2.85. The highest BCUT2D eigenvalue weighted by atomic mass is 32.2. The van der Waals surface area contributed by atoms with E-state index in [0.29, 0.717) is 11.7 Å². The number of imidazole rings is 1. The van der Waals surface area contributed by atoms with Gasteiger partial charge in [0.15, 0.2) is 10.3 Å². The van der Waals surface area contributed by atoms with Gasteiger partial charge in [0.25, 0.3) is 0 Å². The monoisotopic (exact) mass is 398 g/mol. The number of para-hydroxylation sites is 2. The van der Waals surface area contributed by atoms with Crippen molar-refractivity contribution in [2.75, 3.05) is 17.7 Å². The summed E-state index contributed by atoms with van der Waals surface area (Å²) in [5, 5.41) is 4.28. The maximum absolute atomic E-state index is 12.3. The molecule has 0 fully saturated rings. The first-order chi connectivity index (χ1) is 13.1. The van der Waals surface area contributed by atoms with Gasteiger partial charge in [0.1, 0.15) is 5.75 Å². The Hall–Kier alpha value is -2.58. The highest BCUT2D eigenvalue weighted by Gasteiger charge is 2.12. The van der Waals surface area contributed by atoms with Gasteiger partial charge in [0.2, 0.25) is 5.91 Å². The van der Waals surface area contributed by atoms with Gasteiger partial charge in [0, 0.05) is 7.05 Å². The van der Waals surface area contributed by atoms with Crippen LogP contribution in [0.5, 0.6) is 5.75 Å². The van der Waals surface area contributed by atoms with Crippen LogP contribution in [0.25, 0.3) is 21.3 Å². The zero-order chi connectivity index (χ0) is 18.8. The molecule has 0 saturated heterocycles. The van der Waals surface area contributed by atoms with Gasteiger partial charge in [-0.05, 0) is 37.3 Å². The third-order valence-electron chi connectivity index (χ3n) is 4.00. The molecule has 0 aliphatic heterocycles. The van der Waals surface area contributed by atoms with Crippen LogP contribution >= 0.6 is 23.1 Å². The third kappa shape index (κ3) is 3.77. The minimum atomic E-state index is -0.101. The fourth-order valence-corrected chi connectivity index (χ4v) is 4.45. The van der Waals surface area contributed by atoms with Crippen molar-refractivity contribution in [1.82, 2.24) is 14.5 Å². The molecule has 0 aliphatic carbocycles. The molecule has 4 aromatic rings. The number of thioether (sulfide) groups is 1. The van der Waals surface area contributed by atoms with Gasteiger partial charge in [-0.1, -0.05) is 35.2 Å². The number of hydrogen-bond donors (Lipinski definition) is 1. The molecular weight excluding hydrogens is 380 g/mol. The summed E-state index contributed by atoms with van der Waals surface area (Å²) < 4.78 is 8.49. The molecule has 0 radical (unpaired) electrons. The van der Waals surface area contributed by atoms with Gasteiger partial charge in [0.05, 0.1) is 33.6 Å². The highest BCUT2D eigenvalue weighted by molar-refractivity contribution is 7.99. The van der Waals surface area contributed by atoms with Crippen molar-refractivity contribution in [3.8, 4) is 5.75 Å². The molecule has 0 unspecified atom stereocenters. The molecule has 0 bridgehead atoms. The maximum Gasteiger partial charge on any atom is 0.236 e. The van der Waals surface area contributed by atoms with Gasteiger partial charge in [-0.3, -0.25) is 4.79 Å². The van der Waals surface area contributed by atoms with Gasteiger partial charge >= 0.3 is 0 Å². The summed E-state index contributed by atoms with van der Waals surface area (Å²) in [6.45, 7) is 2.57. The summed E-state index contributed by atoms with van der Waals surface area (Å²) in [4.78, 5) is 21.4. The van der Waals surface area contributed by atoms with E-state index in [4.69, 9.17) is 4.74 Å². The molecule has 8 heteroatoms. The van der Waals surface area contributed by atoms with E-state index in [-0.39, 0.29) is 11.7 Å². The molecule has 0 spiro atoms. The third-order valence-corrected chi connectivity index (χ3v) is 5.96. The number of hydrogen-bond acceptors (Lipinski definition) is 6. The maximum atomic E-state index is 12.3. The van der Waals surface area contributed by atoms with E-state index in [9.17, 15) is 4.79 Å². The van der Waals surface area contributed by atoms with Crippen molar-refractivity contribution in [2.45, 2.75) is 12.1 Å². The number of nitrogens with zero attached hydrogens (tertiary/aromatic N) is 3. The Labute approximate surface area is 164 Å². The Kier molecular flexibility index (Phi) is 5.00. The Bertz CT molecular complexity index is 1120. The van der Waals surface area contributed by atoms with Gasteiger partial charge in [-0.2, -0.15) is 0 Å². The van der Waals surface area contributed by atoms with Crippen LogP contribution in [0.4, 0.5) is 5.13 Å². The molecule has 0 aliphatic rings. The van der Waals surface area contributed by atoms with Crippen LogP contribution in [0, 0.1) is 0 Å². The summed E-state index contributed by atoms with van der Waals surface area (Å²) in [7, 11) is 1.96. The largest absolute Gasteiger partial charge is 0.494 e. The van der Waals surface area contributed by atoms with Crippen molar-refractivity contribution in [2.24, 2.45) is 7.05 Å². The van der Waals surface area contributed by atoms with E-state index < -0.39 is 0 Å². The van der Waals surface area contributed by atoms with Crippen molar-refractivity contribution in [3.05, 3.63) is 42.5 Å². The number of nitrogens with one attached hydrogen (secondary N) is 1. The van der Waals surface area contributed by atoms with Crippen molar-refractivity contribution in [1.29, 1.82) is 0 Å². The Morgan fingerprint density at radius 3 is 2.89 bits per heavy atom. The van der Waals surface area contributed by atoms with Gasteiger partial charge in [-0.25, -0.2) is 9.97 Å². The molecule has 2 aromatic carbocycles. The lowest BCUT2D eigenvalue weighted by atomic mass is 10.3. The lowest BCUT2D eigenvalue weighted by Crippen LogP contribution is -2.14. The summed E-state index contributed by atoms with van der Waals surface area (Å²) in [6, 6.07) is 13.7. The van der Waals surface area contributed by atoms with E-state index in [1.807, 2.05) is 61.0 Å². The van der Waals surface area contributed by atoms with Crippen LogP contribution in [0.1, 0.15) is 6.92 Å². The number of benzene rings is 2. The quantitative estimate of drug-likeness (QED) is 0.490. The van der Waals surface area contributed by atoms with E-state index in [1.54, 1.807) is 0 Å². The van der Waals surface area contributed by atoms with Crippen molar-refractivity contribution >= 4 is 55.4 Å². The number of aryl methyl sites for hydroxylation is 1. The number of anilines is 1. The van der Waals surface area contributed by atoms with E-state index in [2.05, 4.69) is 15.3 Å². The lowest BCUT2D eigenvalue weighted by Gasteiger charge is -2.02. The minimum absolute atomic E-state index is 0.101. The Morgan fingerprint density at radius 2 is 2.07 bits per heavy atom. The number of fused-ring (bicyclic) bond motifs is 2. The number of amides is 1. The van der Waals surface area contributed by atoms with Crippen LogP contribution in [0.2, 0.25) is 0 Å². The fraction of sp³-hybridized carbons (Fsp3) is 0.211. The molecule has 2 heterocycles. The molecule has 0 saturated carbocycles. The Morgan fingerprint density at radius 1 is 1.22 bits per heavy atom. The average Bonchev–Trinajstić information content (AvgIpc) is 3.20. The number of carbonyl (C=O) groups excluding carboxylic acids is 1. The van der Waals surface area contributed by atoms with Crippen molar-refractivity contribution < 1.29 is 9.53 Å². The summed E-state index contributed by atoms with van der Waals surface area (Å²) in [6.07, 6.45) is 0. The highest BCUT2D eigenvalue weighted by Crippen LogP contribution is 2.29. The Balaban J connectivity index is 1.43. The predicted octanol–water partition coefficient (Wildman–Crippen LogP) is 4.31. The predicted molar refractivity (Wildman–Crippen MR) is 111 cm³/mol. The molecule has 138 valence electrons. The number of aromatic nitrogens is 3. The minimum Gasteiger partial charge on any atom is -0.494 e. The number of carbonyl (C=O) groups is 1. The number of ether oxygens (including phenoxy) is 1. The van der Waals surface area contributed by atoms with Gasteiger partial charge in [-0.15, -0.1) is 0 Å². The zero-order valence-electron chi connectivity index (χ0n) is 14.9. The second-order valence-electron chi connectivity index (χ2n) is 5.86. The van der Waals surface area contributed by atoms with Crippen LogP contribution in [0.3, 0.4) is 0 Å². The smallest absolute Gasteiger partial charge is 0.236 e.